The maximum atomic E-state index is 11.5. The van der Waals surface area contributed by atoms with E-state index < -0.39 is 0 Å². The lowest BCUT2D eigenvalue weighted by Crippen LogP contribution is -2.20. The van der Waals surface area contributed by atoms with Gasteiger partial charge in [-0.2, -0.15) is 0 Å². The zero-order valence-corrected chi connectivity index (χ0v) is 10.7. The first-order valence-electron chi connectivity index (χ1n) is 6.00. The molecule has 0 amide bonds. The number of hydrogen-bond donors (Lipinski definition) is 0. The summed E-state index contributed by atoms with van der Waals surface area (Å²) in [5, 5.41) is 0. The van der Waals surface area contributed by atoms with Crippen LogP contribution >= 0.6 is 0 Å². The van der Waals surface area contributed by atoms with Crippen molar-refractivity contribution in [3.05, 3.63) is 59.9 Å². The number of carbonyl (C=O) groups is 1. The van der Waals surface area contributed by atoms with E-state index in [-0.39, 0.29) is 12.0 Å². The molecule has 1 aromatic rings. The van der Waals surface area contributed by atoms with E-state index in [1.807, 2.05) is 41.6 Å². The summed E-state index contributed by atoms with van der Waals surface area (Å²) in [5.74, 6) is -0.260. The van der Waals surface area contributed by atoms with Gasteiger partial charge in [0.25, 0.3) is 0 Å². The Hall–Kier alpha value is -2.03. The third kappa shape index (κ3) is 2.62. The van der Waals surface area contributed by atoms with Gasteiger partial charge in [-0.1, -0.05) is 36.4 Å². The van der Waals surface area contributed by atoms with Crippen LogP contribution in [0.5, 0.6) is 0 Å². The lowest BCUT2D eigenvalue weighted by atomic mass is 10.1. The van der Waals surface area contributed by atoms with E-state index in [9.17, 15) is 4.79 Å². The van der Waals surface area contributed by atoms with Crippen molar-refractivity contribution in [2.24, 2.45) is 0 Å². The molecule has 0 N–H and O–H groups in total. The molecule has 0 aliphatic carbocycles. The minimum Gasteiger partial charge on any atom is -0.466 e. The predicted molar refractivity (Wildman–Crippen MR) is 70.6 cm³/mol. The Morgan fingerprint density at radius 2 is 2.06 bits per heavy atom. The number of ether oxygens (including phenoxy) is 1. The molecule has 1 aliphatic rings. The van der Waals surface area contributed by atoms with Gasteiger partial charge < -0.3 is 9.64 Å². The van der Waals surface area contributed by atoms with Gasteiger partial charge in [-0.15, -0.1) is 0 Å². The molecule has 18 heavy (non-hydrogen) atoms. The summed E-state index contributed by atoms with van der Waals surface area (Å²) in [7, 11) is 1.41. The number of rotatable bonds is 3. The van der Waals surface area contributed by atoms with E-state index >= 15 is 0 Å². The number of hydrogen-bond acceptors (Lipinski definition) is 3. The summed E-state index contributed by atoms with van der Waals surface area (Å²) < 4.78 is 4.76. The predicted octanol–water partition coefficient (Wildman–Crippen LogP) is 3.02. The molecule has 1 heterocycles. The smallest absolute Gasteiger partial charge is 0.335 e. The van der Waals surface area contributed by atoms with Crippen LogP contribution in [0.4, 0.5) is 0 Å². The normalized spacial score (nSPS) is 16.1. The fourth-order valence-electron chi connectivity index (χ4n) is 1.99. The minimum absolute atomic E-state index is 0.197. The third-order valence-corrected chi connectivity index (χ3v) is 3.10. The van der Waals surface area contributed by atoms with Crippen LogP contribution < -0.4 is 0 Å². The van der Waals surface area contributed by atoms with Gasteiger partial charge in [-0.05, 0) is 12.5 Å². The Labute approximate surface area is 107 Å². The molecule has 0 fully saturated rings. The maximum Gasteiger partial charge on any atom is 0.335 e. The van der Waals surface area contributed by atoms with E-state index in [4.69, 9.17) is 4.74 Å². The number of benzene rings is 1. The van der Waals surface area contributed by atoms with E-state index in [1.165, 1.54) is 12.7 Å². The molecule has 94 valence electrons. The van der Waals surface area contributed by atoms with Gasteiger partial charge in [0.2, 0.25) is 0 Å². The largest absolute Gasteiger partial charge is 0.466 e. The molecule has 2 rings (SSSR count). The first-order valence-corrected chi connectivity index (χ1v) is 6.00. The van der Waals surface area contributed by atoms with E-state index in [2.05, 4.69) is 19.1 Å². The summed E-state index contributed by atoms with van der Waals surface area (Å²) in [4.78, 5) is 13.6. The molecule has 1 aromatic carbocycles. The quantitative estimate of drug-likeness (QED) is 0.764. The molecule has 0 aromatic heterocycles. The summed E-state index contributed by atoms with van der Waals surface area (Å²) in [5.41, 5.74) is 1.90. The van der Waals surface area contributed by atoms with Crippen LogP contribution in [0.1, 0.15) is 24.9 Å². The SMILES string of the molecule is COC(=O)C1=CN([C@H](C)c2ccccc2)C=CC1. The Morgan fingerprint density at radius 3 is 2.72 bits per heavy atom. The van der Waals surface area contributed by atoms with Gasteiger partial charge in [0, 0.05) is 18.8 Å². The fraction of sp³-hybridized carbons (Fsp3) is 0.267. The van der Waals surface area contributed by atoms with Crippen LogP contribution in [0.3, 0.4) is 0 Å². The zero-order valence-electron chi connectivity index (χ0n) is 10.7. The third-order valence-electron chi connectivity index (χ3n) is 3.10. The Kier molecular flexibility index (Phi) is 3.82. The molecule has 0 saturated carbocycles. The lowest BCUT2D eigenvalue weighted by molar-refractivity contribution is -0.136. The maximum absolute atomic E-state index is 11.5. The molecular formula is C15H17NO2. The van der Waals surface area contributed by atoms with Gasteiger partial charge in [-0.3, -0.25) is 0 Å². The minimum atomic E-state index is -0.260. The molecule has 0 unspecified atom stereocenters. The molecule has 1 aliphatic heterocycles. The average Bonchev–Trinajstić information content (AvgIpc) is 2.46. The van der Waals surface area contributed by atoms with E-state index in [0.717, 1.165) is 0 Å². The standard InChI is InChI=1S/C15H17NO2/c1-12(13-7-4-3-5-8-13)16-10-6-9-14(11-16)15(17)18-2/h3-8,10-12H,9H2,1-2H3/t12-/m1/s1. The average molecular weight is 243 g/mol. The van der Waals surface area contributed by atoms with Crippen molar-refractivity contribution < 1.29 is 9.53 Å². The molecule has 3 nitrogen and oxygen atoms in total. The second kappa shape index (κ2) is 5.54. The van der Waals surface area contributed by atoms with Crippen LogP contribution in [0, 0.1) is 0 Å². The van der Waals surface area contributed by atoms with Crippen LogP contribution in [0.2, 0.25) is 0 Å². The van der Waals surface area contributed by atoms with Crippen molar-refractivity contribution >= 4 is 5.97 Å². The highest BCUT2D eigenvalue weighted by Gasteiger charge is 2.17. The fourth-order valence-corrected chi connectivity index (χ4v) is 1.99. The first kappa shape index (κ1) is 12.4. The highest BCUT2D eigenvalue weighted by molar-refractivity contribution is 5.88. The molecule has 0 radical (unpaired) electrons. The Balaban J connectivity index is 2.18. The van der Waals surface area contributed by atoms with Crippen LogP contribution in [0.15, 0.2) is 54.4 Å². The summed E-state index contributed by atoms with van der Waals surface area (Å²) in [6, 6.07) is 10.4. The lowest BCUT2D eigenvalue weighted by Gasteiger charge is -2.27. The molecule has 0 spiro atoms. The second-order valence-electron chi connectivity index (χ2n) is 4.27. The van der Waals surface area contributed by atoms with Crippen molar-refractivity contribution in [1.82, 2.24) is 4.90 Å². The number of nitrogens with zero attached hydrogens (tertiary/aromatic N) is 1. The second-order valence-corrected chi connectivity index (χ2v) is 4.27. The van der Waals surface area contributed by atoms with Crippen LogP contribution in [-0.2, 0) is 9.53 Å². The van der Waals surface area contributed by atoms with Crippen LogP contribution in [0.25, 0.3) is 0 Å². The number of methoxy groups -OCH3 is 1. The van der Waals surface area contributed by atoms with Gasteiger partial charge in [0.05, 0.1) is 18.7 Å². The van der Waals surface area contributed by atoms with Crippen molar-refractivity contribution in [1.29, 1.82) is 0 Å². The van der Waals surface area contributed by atoms with Crippen molar-refractivity contribution in [3.63, 3.8) is 0 Å². The van der Waals surface area contributed by atoms with Crippen molar-refractivity contribution in [2.45, 2.75) is 19.4 Å². The number of allylic oxidation sites excluding steroid dienone is 1. The molecule has 0 saturated heterocycles. The number of esters is 1. The van der Waals surface area contributed by atoms with Crippen LogP contribution in [-0.4, -0.2) is 18.0 Å². The summed E-state index contributed by atoms with van der Waals surface area (Å²) in [6.45, 7) is 2.11. The van der Waals surface area contributed by atoms with E-state index in [0.29, 0.717) is 12.0 Å². The Bertz CT molecular complexity index is 477. The van der Waals surface area contributed by atoms with Gasteiger partial charge in [0.15, 0.2) is 0 Å². The summed E-state index contributed by atoms with van der Waals surface area (Å²) in [6.07, 6.45) is 6.48. The number of carbonyl (C=O) groups excluding carboxylic acids is 1. The molecule has 0 bridgehead atoms. The highest BCUT2D eigenvalue weighted by atomic mass is 16.5. The van der Waals surface area contributed by atoms with Crippen molar-refractivity contribution in [2.75, 3.05) is 7.11 Å². The summed E-state index contributed by atoms with van der Waals surface area (Å²) >= 11 is 0. The Morgan fingerprint density at radius 1 is 1.33 bits per heavy atom. The monoisotopic (exact) mass is 243 g/mol. The highest BCUT2D eigenvalue weighted by Crippen LogP contribution is 2.25. The van der Waals surface area contributed by atoms with Gasteiger partial charge >= 0.3 is 5.97 Å². The first-order chi connectivity index (χ1) is 8.72. The molecule has 1 atom stereocenters. The zero-order chi connectivity index (χ0) is 13.0. The molecular weight excluding hydrogens is 226 g/mol. The van der Waals surface area contributed by atoms with Gasteiger partial charge in [-0.25, -0.2) is 4.79 Å². The van der Waals surface area contributed by atoms with Gasteiger partial charge in [0.1, 0.15) is 0 Å². The topological polar surface area (TPSA) is 29.5 Å². The van der Waals surface area contributed by atoms with E-state index in [1.54, 1.807) is 0 Å². The van der Waals surface area contributed by atoms with Crippen molar-refractivity contribution in [3.8, 4) is 0 Å². The molecule has 3 heteroatoms.